The molecule has 2 aromatic heterocycles. The van der Waals surface area contributed by atoms with Crippen LogP contribution in [-0.4, -0.2) is 27.9 Å². The monoisotopic (exact) mass is 321 g/mol. The lowest BCUT2D eigenvalue weighted by Gasteiger charge is -2.26. The number of hydrogen-bond acceptors (Lipinski definition) is 3. The van der Waals surface area contributed by atoms with Gasteiger partial charge in [0.2, 0.25) is 0 Å². The van der Waals surface area contributed by atoms with Crippen molar-refractivity contribution >= 4 is 5.65 Å². The minimum absolute atomic E-state index is 0.412. The van der Waals surface area contributed by atoms with Crippen LogP contribution in [0.3, 0.4) is 0 Å². The van der Waals surface area contributed by atoms with Gasteiger partial charge in [-0.25, -0.2) is 4.98 Å². The van der Waals surface area contributed by atoms with Gasteiger partial charge in [-0.05, 0) is 44.5 Å². The average molecular weight is 321 g/mol. The van der Waals surface area contributed by atoms with E-state index in [4.69, 9.17) is 9.72 Å². The Labute approximate surface area is 142 Å². The van der Waals surface area contributed by atoms with Crippen LogP contribution in [0.1, 0.15) is 35.8 Å². The summed E-state index contributed by atoms with van der Waals surface area (Å²) in [6.45, 7) is 4.14. The minimum atomic E-state index is 0.412. The number of likely N-dealkylation sites (tertiary alicyclic amines) is 1. The van der Waals surface area contributed by atoms with Crippen molar-refractivity contribution in [3.05, 3.63) is 65.6 Å². The Morgan fingerprint density at radius 3 is 2.88 bits per heavy atom. The smallest absolute Gasteiger partial charge is 0.137 e. The fourth-order valence-corrected chi connectivity index (χ4v) is 3.86. The molecule has 1 fully saturated rings. The fourth-order valence-electron chi connectivity index (χ4n) is 3.86. The van der Waals surface area contributed by atoms with Crippen LogP contribution < -0.4 is 4.74 Å². The van der Waals surface area contributed by atoms with Gasteiger partial charge in [0.1, 0.15) is 11.4 Å². The normalized spacial score (nSPS) is 18.3. The van der Waals surface area contributed by atoms with Crippen molar-refractivity contribution in [2.24, 2.45) is 0 Å². The fraction of sp³-hybridized carbons (Fsp3) is 0.350. The molecule has 4 rings (SSSR count). The van der Waals surface area contributed by atoms with Gasteiger partial charge < -0.3 is 9.14 Å². The maximum atomic E-state index is 5.59. The first kappa shape index (κ1) is 15.2. The number of para-hydroxylation sites is 1. The number of methoxy groups -OCH3 is 1. The summed E-state index contributed by atoms with van der Waals surface area (Å²) >= 11 is 0. The van der Waals surface area contributed by atoms with Gasteiger partial charge >= 0.3 is 0 Å². The molecule has 0 spiro atoms. The lowest BCUT2D eigenvalue weighted by molar-refractivity contribution is 0.239. The summed E-state index contributed by atoms with van der Waals surface area (Å²) in [5, 5.41) is 0. The average Bonchev–Trinajstić information content (AvgIpc) is 3.20. The summed E-state index contributed by atoms with van der Waals surface area (Å²) in [7, 11) is 1.76. The largest absolute Gasteiger partial charge is 0.496 e. The number of aromatic nitrogens is 2. The summed E-state index contributed by atoms with van der Waals surface area (Å²) in [6, 6.07) is 15.0. The molecule has 0 bridgehead atoms. The Hall–Kier alpha value is -2.33. The van der Waals surface area contributed by atoms with Crippen LogP contribution in [0.2, 0.25) is 0 Å². The molecule has 1 aromatic carbocycles. The molecular formula is C20H23N3O. The zero-order valence-corrected chi connectivity index (χ0v) is 14.3. The topological polar surface area (TPSA) is 29.8 Å². The van der Waals surface area contributed by atoms with E-state index < -0.39 is 0 Å². The number of pyridine rings is 1. The van der Waals surface area contributed by atoms with E-state index in [1.54, 1.807) is 7.11 Å². The number of aryl methyl sites for hydroxylation is 1. The number of benzene rings is 1. The molecule has 24 heavy (non-hydrogen) atoms. The van der Waals surface area contributed by atoms with Crippen LogP contribution in [0, 0.1) is 6.92 Å². The summed E-state index contributed by atoms with van der Waals surface area (Å²) in [6.07, 6.45) is 4.51. The molecule has 4 heteroatoms. The molecule has 0 radical (unpaired) electrons. The Kier molecular flexibility index (Phi) is 3.98. The van der Waals surface area contributed by atoms with E-state index in [-0.39, 0.29) is 0 Å². The van der Waals surface area contributed by atoms with E-state index in [0.717, 1.165) is 30.2 Å². The van der Waals surface area contributed by atoms with Crippen molar-refractivity contribution in [2.45, 2.75) is 32.4 Å². The van der Waals surface area contributed by atoms with Gasteiger partial charge in [0.15, 0.2) is 0 Å². The molecule has 1 aliphatic heterocycles. The molecular weight excluding hydrogens is 298 g/mol. The maximum absolute atomic E-state index is 5.59. The van der Waals surface area contributed by atoms with Crippen LogP contribution in [-0.2, 0) is 6.54 Å². The Morgan fingerprint density at radius 1 is 1.17 bits per heavy atom. The van der Waals surface area contributed by atoms with E-state index >= 15 is 0 Å². The second kappa shape index (κ2) is 6.29. The number of hydrogen-bond donors (Lipinski definition) is 0. The van der Waals surface area contributed by atoms with Crippen LogP contribution in [0.15, 0.2) is 48.7 Å². The molecule has 4 nitrogen and oxygen atoms in total. The van der Waals surface area contributed by atoms with Crippen LogP contribution >= 0.6 is 0 Å². The molecule has 1 saturated heterocycles. The van der Waals surface area contributed by atoms with Crippen molar-refractivity contribution in [3.63, 3.8) is 0 Å². The summed E-state index contributed by atoms with van der Waals surface area (Å²) < 4.78 is 7.81. The van der Waals surface area contributed by atoms with Gasteiger partial charge in [-0.3, -0.25) is 4.90 Å². The number of rotatable bonds is 4. The number of ether oxygens (including phenoxy) is 1. The Morgan fingerprint density at radius 2 is 2.00 bits per heavy atom. The van der Waals surface area contributed by atoms with E-state index in [0.29, 0.717) is 6.04 Å². The molecule has 3 heterocycles. The second-order valence-electron chi connectivity index (χ2n) is 6.44. The zero-order chi connectivity index (χ0) is 16.5. The Balaban J connectivity index is 1.67. The summed E-state index contributed by atoms with van der Waals surface area (Å²) in [5.41, 5.74) is 4.72. The van der Waals surface area contributed by atoms with Gasteiger partial charge in [0.25, 0.3) is 0 Å². The lowest BCUT2D eigenvalue weighted by atomic mass is 10.0. The molecule has 0 saturated carbocycles. The van der Waals surface area contributed by atoms with Gasteiger partial charge in [-0.15, -0.1) is 0 Å². The van der Waals surface area contributed by atoms with Crippen LogP contribution in [0.4, 0.5) is 0 Å². The highest BCUT2D eigenvalue weighted by Gasteiger charge is 2.29. The maximum Gasteiger partial charge on any atom is 0.137 e. The third-order valence-corrected chi connectivity index (χ3v) is 5.04. The van der Waals surface area contributed by atoms with Gasteiger partial charge in [0, 0.05) is 24.3 Å². The highest BCUT2D eigenvalue weighted by molar-refractivity contribution is 5.43. The zero-order valence-electron chi connectivity index (χ0n) is 14.3. The van der Waals surface area contributed by atoms with Gasteiger partial charge in [-0.2, -0.15) is 0 Å². The predicted molar refractivity (Wildman–Crippen MR) is 95.3 cm³/mol. The second-order valence-corrected chi connectivity index (χ2v) is 6.44. The standard InChI is InChI=1S/C20H23N3O/c1-15-18(23-13-6-5-11-20(23)21-15)14-22-12-7-9-17(22)16-8-3-4-10-19(16)24-2/h3-6,8,10-11,13,17H,7,9,12,14H2,1-2H3/t17-/m1/s1. The third kappa shape index (κ3) is 2.57. The number of fused-ring (bicyclic) bond motifs is 1. The molecule has 0 N–H and O–H groups in total. The number of nitrogens with zero attached hydrogens (tertiary/aromatic N) is 3. The predicted octanol–water partition coefficient (Wildman–Crippen LogP) is 3.99. The molecule has 1 atom stereocenters. The molecule has 1 aliphatic rings. The van der Waals surface area contributed by atoms with Crippen LogP contribution in [0.5, 0.6) is 5.75 Å². The van der Waals surface area contributed by atoms with E-state index in [2.05, 4.69) is 52.8 Å². The molecule has 0 aliphatic carbocycles. The van der Waals surface area contributed by atoms with Crippen LogP contribution in [0.25, 0.3) is 5.65 Å². The number of imidazole rings is 1. The Bertz CT molecular complexity index is 855. The highest BCUT2D eigenvalue weighted by Crippen LogP contribution is 2.37. The van der Waals surface area contributed by atoms with Crippen molar-refractivity contribution < 1.29 is 4.74 Å². The first-order chi connectivity index (χ1) is 11.8. The van der Waals surface area contributed by atoms with Gasteiger partial charge in [-0.1, -0.05) is 24.3 Å². The summed E-state index contributed by atoms with van der Waals surface area (Å²) in [4.78, 5) is 7.26. The van der Waals surface area contributed by atoms with E-state index in [9.17, 15) is 0 Å². The molecule has 3 aromatic rings. The molecule has 124 valence electrons. The lowest BCUT2D eigenvalue weighted by Crippen LogP contribution is -2.24. The first-order valence-electron chi connectivity index (χ1n) is 8.57. The quantitative estimate of drug-likeness (QED) is 0.728. The van der Waals surface area contributed by atoms with E-state index in [1.807, 2.05) is 12.1 Å². The van der Waals surface area contributed by atoms with Crippen molar-refractivity contribution in [3.8, 4) is 5.75 Å². The van der Waals surface area contributed by atoms with Gasteiger partial charge in [0.05, 0.1) is 18.5 Å². The summed E-state index contributed by atoms with van der Waals surface area (Å²) in [5.74, 6) is 0.990. The SMILES string of the molecule is COc1ccccc1[C@H]1CCCN1Cc1c(C)nc2ccccn12. The van der Waals surface area contributed by atoms with Crippen molar-refractivity contribution in [1.82, 2.24) is 14.3 Å². The highest BCUT2D eigenvalue weighted by atomic mass is 16.5. The first-order valence-corrected chi connectivity index (χ1v) is 8.57. The third-order valence-electron chi connectivity index (χ3n) is 5.04. The van der Waals surface area contributed by atoms with E-state index in [1.165, 1.54) is 24.1 Å². The molecule has 0 unspecified atom stereocenters. The molecule has 0 amide bonds. The van der Waals surface area contributed by atoms with Crippen molar-refractivity contribution in [2.75, 3.05) is 13.7 Å². The minimum Gasteiger partial charge on any atom is -0.496 e. The van der Waals surface area contributed by atoms with Crippen molar-refractivity contribution in [1.29, 1.82) is 0 Å².